The van der Waals surface area contributed by atoms with E-state index in [1.807, 2.05) is 0 Å². The van der Waals surface area contributed by atoms with E-state index in [-0.39, 0.29) is 15.7 Å². The molecule has 11 nitrogen and oxygen atoms in total. The number of aliphatic hydroxyl groups excluding tert-OH is 2. The fourth-order valence-electron chi connectivity index (χ4n) is 3.23. The predicted octanol–water partition coefficient (Wildman–Crippen LogP) is 0.997. The fourth-order valence-corrected chi connectivity index (χ4v) is 4.91. The van der Waals surface area contributed by atoms with Crippen LogP contribution in [-0.2, 0) is 14.8 Å². The SMILES string of the molecule is O=[N+]([O-])c1ccc(C(O)C(CO)NC(=S)Nc2ccc(S(=O)(=O)N3CCOCC3)cc2)cc1. The van der Waals surface area contributed by atoms with Gasteiger partial charge >= 0.3 is 0 Å². The van der Waals surface area contributed by atoms with E-state index in [1.54, 1.807) is 12.1 Å². The Morgan fingerprint density at radius 1 is 1.15 bits per heavy atom. The average molecular weight is 497 g/mol. The summed E-state index contributed by atoms with van der Waals surface area (Å²) in [6, 6.07) is 10.5. The Morgan fingerprint density at radius 3 is 2.30 bits per heavy atom. The number of non-ortho nitro benzene ring substituents is 1. The molecule has 2 aromatic rings. The topological polar surface area (TPSA) is 154 Å². The van der Waals surface area contributed by atoms with Crippen LogP contribution in [0.15, 0.2) is 53.4 Å². The van der Waals surface area contributed by atoms with E-state index in [1.165, 1.54) is 40.7 Å². The Hall–Kier alpha value is -2.68. The maximum atomic E-state index is 12.7. The van der Waals surface area contributed by atoms with Gasteiger partial charge in [-0.1, -0.05) is 0 Å². The third-order valence-corrected chi connectivity index (χ3v) is 7.19. The molecule has 13 heteroatoms. The molecule has 1 saturated heterocycles. The zero-order valence-corrected chi connectivity index (χ0v) is 19.1. The molecule has 0 saturated carbocycles. The van der Waals surface area contributed by atoms with Crippen molar-refractivity contribution in [1.29, 1.82) is 0 Å². The molecule has 178 valence electrons. The molecule has 2 atom stereocenters. The summed E-state index contributed by atoms with van der Waals surface area (Å²) in [5.74, 6) is 0. The Balaban J connectivity index is 1.61. The lowest BCUT2D eigenvalue weighted by molar-refractivity contribution is -0.384. The van der Waals surface area contributed by atoms with Gasteiger partial charge in [-0.25, -0.2) is 8.42 Å². The first-order valence-corrected chi connectivity index (χ1v) is 11.9. The highest BCUT2D eigenvalue weighted by molar-refractivity contribution is 7.89. The number of benzene rings is 2. The molecule has 33 heavy (non-hydrogen) atoms. The summed E-state index contributed by atoms with van der Waals surface area (Å²) >= 11 is 5.24. The molecule has 0 amide bonds. The van der Waals surface area contributed by atoms with Gasteiger partial charge in [0.05, 0.1) is 35.7 Å². The molecule has 0 spiro atoms. The van der Waals surface area contributed by atoms with E-state index >= 15 is 0 Å². The lowest BCUT2D eigenvalue weighted by Gasteiger charge is -2.26. The monoisotopic (exact) mass is 496 g/mol. The fraction of sp³-hybridized carbons (Fsp3) is 0.350. The number of rotatable bonds is 8. The van der Waals surface area contributed by atoms with Crippen molar-refractivity contribution in [3.05, 3.63) is 64.2 Å². The van der Waals surface area contributed by atoms with Crippen LogP contribution in [0.5, 0.6) is 0 Å². The second-order valence-corrected chi connectivity index (χ2v) is 9.57. The number of nitro groups is 1. The number of nitrogens with one attached hydrogen (secondary N) is 2. The molecule has 1 heterocycles. The summed E-state index contributed by atoms with van der Waals surface area (Å²) in [5, 5.41) is 36.7. The summed E-state index contributed by atoms with van der Waals surface area (Å²) < 4.78 is 31.9. The lowest BCUT2D eigenvalue weighted by atomic mass is 10.0. The number of sulfonamides is 1. The van der Waals surface area contributed by atoms with E-state index in [0.29, 0.717) is 37.6 Å². The Kier molecular flexibility index (Phi) is 8.29. The van der Waals surface area contributed by atoms with Crippen molar-refractivity contribution in [3.63, 3.8) is 0 Å². The first kappa shape index (κ1) is 25.0. The van der Waals surface area contributed by atoms with Gasteiger partial charge in [0.1, 0.15) is 6.10 Å². The predicted molar refractivity (Wildman–Crippen MR) is 124 cm³/mol. The van der Waals surface area contributed by atoms with Crippen molar-refractivity contribution in [1.82, 2.24) is 9.62 Å². The molecule has 1 aliphatic heterocycles. The molecule has 2 aromatic carbocycles. The molecule has 2 unspecified atom stereocenters. The van der Waals surface area contributed by atoms with Crippen molar-refractivity contribution in [3.8, 4) is 0 Å². The number of anilines is 1. The molecule has 4 N–H and O–H groups in total. The van der Waals surface area contributed by atoms with Crippen molar-refractivity contribution in [2.24, 2.45) is 0 Å². The number of nitrogens with zero attached hydrogens (tertiary/aromatic N) is 2. The van der Waals surface area contributed by atoms with Crippen LogP contribution in [-0.4, -0.2) is 71.9 Å². The summed E-state index contributed by atoms with van der Waals surface area (Å²) in [5.41, 5.74) is 0.762. The molecule has 0 radical (unpaired) electrons. The second-order valence-electron chi connectivity index (χ2n) is 7.22. The van der Waals surface area contributed by atoms with Gasteiger partial charge < -0.3 is 25.6 Å². The van der Waals surface area contributed by atoms with Gasteiger partial charge in [0.15, 0.2) is 5.11 Å². The number of nitro benzene ring substituents is 1. The van der Waals surface area contributed by atoms with E-state index in [2.05, 4.69) is 10.6 Å². The number of hydrogen-bond donors (Lipinski definition) is 4. The maximum Gasteiger partial charge on any atom is 0.269 e. The van der Waals surface area contributed by atoms with Crippen molar-refractivity contribution in [2.45, 2.75) is 17.0 Å². The third-order valence-electron chi connectivity index (χ3n) is 5.06. The van der Waals surface area contributed by atoms with Gasteiger partial charge in [0.2, 0.25) is 10.0 Å². The maximum absolute atomic E-state index is 12.7. The average Bonchev–Trinajstić information content (AvgIpc) is 2.83. The Morgan fingerprint density at radius 2 is 1.76 bits per heavy atom. The molecule has 0 aliphatic carbocycles. The summed E-state index contributed by atoms with van der Waals surface area (Å²) in [7, 11) is -3.61. The van der Waals surface area contributed by atoms with E-state index in [4.69, 9.17) is 17.0 Å². The van der Waals surface area contributed by atoms with Crippen LogP contribution in [0.2, 0.25) is 0 Å². The first-order valence-electron chi connectivity index (χ1n) is 10.0. The highest BCUT2D eigenvalue weighted by Crippen LogP contribution is 2.22. The molecule has 1 aliphatic rings. The van der Waals surface area contributed by atoms with Gasteiger partial charge in [-0.2, -0.15) is 4.31 Å². The van der Waals surface area contributed by atoms with Gasteiger partial charge in [0.25, 0.3) is 5.69 Å². The minimum atomic E-state index is -3.61. The number of aliphatic hydroxyl groups is 2. The highest BCUT2D eigenvalue weighted by Gasteiger charge is 2.26. The standard InChI is InChI=1S/C20H24N4O7S2/c25-13-18(19(26)14-1-5-16(6-2-14)24(27)28)22-20(32)21-15-3-7-17(8-4-15)33(29,30)23-9-11-31-12-10-23/h1-8,18-19,25-26H,9-13H2,(H2,21,22,32). The van der Waals surface area contributed by atoms with Gasteiger partial charge in [-0.15, -0.1) is 0 Å². The van der Waals surface area contributed by atoms with E-state index in [0.717, 1.165) is 0 Å². The Labute approximate surface area is 196 Å². The summed E-state index contributed by atoms with van der Waals surface area (Å²) in [6.45, 7) is 0.857. The van der Waals surface area contributed by atoms with Crippen molar-refractivity contribution < 1.29 is 28.3 Å². The number of thiocarbonyl (C=S) groups is 1. The lowest BCUT2D eigenvalue weighted by Crippen LogP contribution is -2.43. The largest absolute Gasteiger partial charge is 0.394 e. The number of morpholine rings is 1. The molecular formula is C20H24N4O7S2. The van der Waals surface area contributed by atoms with E-state index < -0.39 is 33.7 Å². The van der Waals surface area contributed by atoms with Crippen molar-refractivity contribution in [2.75, 3.05) is 38.2 Å². The van der Waals surface area contributed by atoms with Crippen LogP contribution in [0, 0.1) is 10.1 Å². The normalized spacial score (nSPS) is 16.5. The molecule has 3 rings (SSSR count). The Bertz CT molecular complexity index is 1070. The van der Waals surface area contributed by atoms with Crippen LogP contribution in [0.1, 0.15) is 11.7 Å². The molecular weight excluding hydrogens is 472 g/mol. The molecule has 0 aromatic heterocycles. The zero-order valence-electron chi connectivity index (χ0n) is 17.5. The van der Waals surface area contributed by atoms with Crippen LogP contribution in [0.3, 0.4) is 0 Å². The smallest absolute Gasteiger partial charge is 0.269 e. The quantitative estimate of drug-likeness (QED) is 0.236. The third kappa shape index (κ3) is 6.22. The zero-order chi connectivity index (χ0) is 24.0. The van der Waals surface area contributed by atoms with Gasteiger partial charge in [0, 0.05) is 30.9 Å². The summed E-state index contributed by atoms with van der Waals surface area (Å²) in [4.78, 5) is 10.4. The van der Waals surface area contributed by atoms with Gasteiger partial charge in [-0.3, -0.25) is 10.1 Å². The van der Waals surface area contributed by atoms with Crippen LogP contribution >= 0.6 is 12.2 Å². The highest BCUT2D eigenvalue weighted by atomic mass is 32.2. The summed E-state index contributed by atoms with van der Waals surface area (Å²) in [6.07, 6.45) is -1.18. The van der Waals surface area contributed by atoms with Crippen molar-refractivity contribution >= 4 is 38.7 Å². The minimum absolute atomic E-state index is 0.0961. The van der Waals surface area contributed by atoms with Crippen LogP contribution < -0.4 is 10.6 Å². The second kappa shape index (κ2) is 11.0. The molecule has 0 bridgehead atoms. The van der Waals surface area contributed by atoms with Crippen LogP contribution in [0.4, 0.5) is 11.4 Å². The first-order chi connectivity index (χ1) is 15.7. The van der Waals surface area contributed by atoms with Gasteiger partial charge in [-0.05, 0) is 54.2 Å². The van der Waals surface area contributed by atoms with E-state index in [9.17, 15) is 28.7 Å². The number of ether oxygens (including phenoxy) is 1. The van der Waals surface area contributed by atoms with Crippen LogP contribution in [0.25, 0.3) is 0 Å². The molecule has 1 fully saturated rings. The number of hydrogen-bond acceptors (Lipinski definition) is 8. The minimum Gasteiger partial charge on any atom is -0.394 e.